The number of carbonyl (C=O) groups excluding carboxylic acids is 1. The van der Waals surface area contributed by atoms with E-state index in [9.17, 15) is 4.79 Å². The quantitative estimate of drug-likeness (QED) is 0.238. The van der Waals surface area contributed by atoms with Gasteiger partial charge in [0.2, 0.25) is 0 Å². The number of hydrogen-bond acceptors (Lipinski definition) is 5. The van der Waals surface area contributed by atoms with Gasteiger partial charge in [0.15, 0.2) is 6.29 Å². The minimum Gasteiger partial charge on any atom is -0.381 e. The van der Waals surface area contributed by atoms with Crippen LogP contribution in [0.5, 0.6) is 0 Å². The SMILES string of the molecule is C=CCNc1ccnc2sc(C=O)c(N=CN(C)C(CC)CCC)c12.CC. The average molecular weight is 389 g/mol. The van der Waals surface area contributed by atoms with Gasteiger partial charge in [-0.25, -0.2) is 9.98 Å². The molecule has 2 rings (SSSR count). The van der Waals surface area contributed by atoms with Gasteiger partial charge in [0, 0.05) is 31.5 Å². The Hall–Kier alpha value is -2.21. The van der Waals surface area contributed by atoms with Crippen molar-refractivity contribution in [2.24, 2.45) is 4.99 Å². The van der Waals surface area contributed by atoms with Crippen LogP contribution in [0.3, 0.4) is 0 Å². The standard InChI is InChI=1S/C19H26N4OS.C2H6/c1-5-8-14(7-3)23(4)13-22-18-16(12-24)25-19-17(18)15(9-11-21-19)20-10-6-2;1-2/h6,9,11-14H,2,5,7-8,10H2,1,3-4H3,(H,20,21);1-2H3. The Morgan fingerprint density at radius 1 is 1.41 bits per heavy atom. The minimum atomic E-state index is 0.454. The molecule has 2 aromatic heterocycles. The number of aliphatic imine (C=N–C) groups is 1. The number of aromatic nitrogens is 1. The summed E-state index contributed by atoms with van der Waals surface area (Å²) in [7, 11) is 2.04. The smallest absolute Gasteiger partial charge is 0.162 e. The Labute approximate surface area is 167 Å². The molecule has 0 saturated carbocycles. The molecule has 0 bridgehead atoms. The summed E-state index contributed by atoms with van der Waals surface area (Å²) in [5.41, 5.74) is 1.61. The van der Waals surface area contributed by atoms with Gasteiger partial charge >= 0.3 is 0 Å². The molecule has 0 fully saturated rings. The highest BCUT2D eigenvalue weighted by Gasteiger charge is 2.16. The lowest BCUT2D eigenvalue weighted by Gasteiger charge is -2.24. The van der Waals surface area contributed by atoms with Crippen LogP contribution in [-0.4, -0.2) is 42.1 Å². The summed E-state index contributed by atoms with van der Waals surface area (Å²) in [6.45, 7) is 12.8. The lowest BCUT2D eigenvalue weighted by Crippen LogP contribution is -2.29. The summed E-state index contributed by atoms with van der Waals surface area (Å²) in [6.07, 6.45) is 9.56. The van der Waals surface area contributed by atoms with Gasteiger partial charge in [-0.2, -0.15) is 0 Å². The van der Waals surface area contributed by atoms with Gasteiger partial charge in [-0.05, 0) is 18.9 Å². The molecule has 1 unspecified atom stereocenters. The number of anilines is 1. The second-order valence-corrected chi connectivity index (χ2v) is 6.93. The van der Waals surface area contributed by atoms with Crippen LogP contribution in [0.1, 0.15) is 56.6 Å². The summed E-state index contributed by atoms with van der Waals surface area (Å²) in [5.74, 6) is 0. The third-order valence-corrected chi connectivity index (χ3v) is 5.19. The zero-order chi connectivity index (χ0) is 20.2. The van der Waals surface area contributed by atoms with Gasteiger partial charge in [-0.3, -0.25) is 4.79 Å². The third kappa shape index (κ3) is 5.89. The van der Waals surface area contributed by atoms with E-state index in [2.05, 4.69) is 40.6 Å². The molecule has 1 N–H and O–H groups in total. The number of pyridine rings is 1. The van der Waals surface area contributed by atoms with Crippen molar-refractivity contribution < 1.29 is 4.79 Å². The van der Waals surface area contributed by atoms with Crippen LogP contribution in [0.2, 0.25) is 0 Å². The number of nitrogens with zero attached hydrogens (tertiary/aromatic N) is 3. The van der Waals surface area contributed by atoms with Crippen LogP contribution < -0.4 is 5.32 Å². The minimum absolute atomic E-state index is 0.454. The van der Waals surface area contributed by atoms with Gasteiger partial charge < -0.3 is 10.2 Å². The van der Waals surface area contributed by atoms with Gasteiger partial charge in [-0.15, -0.1) is 17.9 Å². The molecule has 0 aromatic carbocycles. The first-order valence-corrected chi connectivity index (χ1v) is 10.4. The monoisotopic (exact) mass is 388 g/mol. The number of carbonyl (C=O) groups is 1. The second kappa shape index (κ2) is 12.2. The van der Waals surface area contributed by atoms with E-state index in [4.69, 9.17) is 0 Å². The fraction of sp³-hybridized carbons (Fsp3) is 0.476. The maximum absolute atomic E-state index is 11.5. The first-order valence-electron chi connectivity index (χ1n) is 9.63. The zero-order valence-electron chi connectivity index (χ0n) is 17.2. The van der Waals surface area contributed by atoms with Crippen molar-refractivity contribution in [2.75, 3.05) is 18.9 Å². The highest BCUT2D eigenvalue weighted by Crippen LogP contribution is 2.40. The summed E-state index contributed by atoms with van der Waals surface area (Å²) in [6, 6.07) is 2.36. The second-order valence-electron chi connectivity index (χ2n) is 5.90. The summed E-state index contributed by atoms with van der Waals surface area (Å²) < 4.78 is 0. The molecule has 0 aliphatic heterocycles. The Balaban J connectivity index is 0.00000176. The van der Waals surface area contributed by atoms with Crippen LogP contribution in [0, 0.1) is 0 Å². The van der Waals surface area contributed by atoms with E-state index >= 15 is 0 Å². The lowest BCUT2D eigenvalue weighted by molar-refractivity contribution is 0.112. The number of aldehydes is 1. The Morgan fingerprint density at radius 3 is 2.74 bits per heavy atom. The summed E-state index contributed by atoms with van der Waals surface area (Å²) >= 11 is 1.37. The van der Waals surface area contributed by atoms with Gasteiger partial charge in [-0.1, -0.05) is 40.2 Å². The van der Waals surface area contributed by atoms with Crippen molar-refractivity contribution in [1.82, 2.24) is 9.88 Å². The molecule has 5 nitrogen and oxygen atoms in total. The number of fused-ring (bicyclic) bond motifs is 1. The lowest BCUT2D eigenvalue weighted by atomic mass is 10.1. The van der Waals surface area contributed by atoms with E-state index < -0.39 is 0 Å². The predicted octanol–water partition coefficient (Wildman–Crippen LogP) is 5.90. The molecule has 148 valence electrons. The fourth-order valence-electron chi connectivity index (χ4n) is 2.83. The fourth-order valence-corrected chi connectivity index (χ4v) is 3.76. The van der Waals surface area contributed by atoms with E-state index in [1.54, 1.807) is 12.3 Å². The highest BCUT2D eigenvalue weighted by molar-refractivity contribution is 7.21. The molecule has 27 heavy (non-hydrogen) atoms. The van der Waals surface area contributed by atoms with Gasteiger partial charge in [0.25, 0.3) is 0 Å². The summed E-state index contributed by atoms with van der Waals surface area (Å²) in [4.78, 5) is 24.1. The molecule has 0 aliphatic carbocycles. The van der Waals surface area contributed by atoms with Crippen LogP contribution >= 0.6 is 11.3 Å². The van der Waals surface area contributed by atoms with Gasteiger partial charge in [0.1, 0.15) is 4.83 Å². The first-order chi connectivity index (χ1) is 13.2. The molecule has 2 heterocycles. The van der Waals surface area contributed by atoms with E-state index in [0.717, 1.165) is 41.5 Å². The molecule has 2 aromatic rings. The number of rotatable bonds is 10. The molecule has 1 atom stereocenters. The Morgan fingerprint density at radius 2 is 2.15 bits per heavy atom. The maximum Gasteiger partial charge on any atom is 0.162 e. The summed E-state index contributed by atoms with van der Waals surface area (Å²) in [5, 5.41) is 4.20. The molecular formula is C21H32N4OS. The molecule has 0 radical (unpaired) electrons. The topological polar surface area (TPSA) is 57.6 Å². The maximum atomic E-state index is 11.5. The van der Waals surface area contributed by atoms with Gasteiger partial charge in [0.05, 0.1) is 22.3 Å². The zero-order valence-corrected chi connectivity index (χ0v) is 18.0. The van der Waals surface area contributed by atoms with E-state index in [0.29, 0.717) is 23.2 Å². The van der Waals surface area contributed by atoms with E-state index in [1.807, 2.05) is 33.3 Å². The molecule has 0 spiro atoms. The van der Waals surface area contributed by atoms with Crippen molar-refractivity contribution in [2.45, 2.75) is 53.0 Å². The van der Waals surface area contributed by atoms with Crippen LogP contribution in [-0.2, 0) is 0 Å². The molecule has 0 amide bonds. The number of nitrogens with one attached hydrogen (secondary N) is 1. The largest absolute Gasteiger partial charge is 0.381 e. The normalized spacial score (nSPS) is 11.7. The average Bonchev–Trinajstić information content (AvgIpc) is 3.08. The molecule has 0 aliphatic rings. The highest BCUT2D eigenvalue weighted by atomic mass is 32.1. The van der Waals surface area contributed by atoms with Crippen LogP contribution in [0.25, 0.3) is 10.2 Å². The van der Waals surface area contributed by atoms with E-state index in [-0.39, 0.29) is 0 Å². The van der Waals surface area contributed by atoms with Crippen LogP contribution in [0.4, 0.5) is 11.4 Å². The number of hydrogen-bond donors (Lipinski definition) is 1. The van der Waals surface area contributed by atoms with Crippen molar-refractivity contribution in [3.8, 4) is 0 Å². The van der Waals surface area contributed by atoms with Crippen molar-refractivity contribution in [1.29, 1.82) is 0 Å². The molecular weight excluding hydrogens is 356 g/mol. The third-order valence-electron chi connectivity index (χ3n) is 4.17. The first kappa shape index (κ1) is 22.8. The Bertz CT molecular complexity index is 754. The number of thiophene rings is 1. The van der Waals surface area contributed by atoms with Crippen LogP contribution in [0.15, 0.2) is 29.9 Å². The van der Waals surface area contributed by atoms with Crippen molar-refractivity contribution in [3.05, 3.63) is 29.8 Å². The Kier molecular flexibility index (Phi) is 10.3. The molecule has 0 saturated heterocycles. The van der Waals surface area contributed by atoms with E-state index in [1.165, 1.54) is 11.3 Å². The molecule has 6 heteroatoms. The van der Waals surface area contributed by atoms with Crippen molar-refractivity contribution in [3.63, 3.8) is 0 Å². The van der Waals surface area contributed by atoms with Crippen molar-refractivity contribution >= 4 is 45.6 Å². The predicted molar refractivity (Wildman–Crippen MR) is 120 cm³/mol.